The Morgan fingerprint density at radius 3 is 2.21 bits per heavy atom. The number of fused-ring (bicyclic) bond motifs is 1. The quantitative estimate of drug-likeness (QED) is 0.432. The van der Waals surface area contributed by atoms with Crippen molar-refractivity contribution in [1.82, 2.24) is 0 Å². The van der Waals surface area contributed by atoms with Gasteiger partial charge in [-0.1, -0.05) is 18.2 Å². The van der Waals surface area contributed by atoms with Crippen LogP contribution in [0.2, 0.25) is 0 Å². The fourth-order valence-electron chi connectivity index (χ4n) is 1.41. The third kappa shape index (κ3) is 1.91. The lowest BCUT2D eigenvalue weighted by atomic mass is 10.1. The lowest BCUT2D eigenvalue weighted by Crippen LogP contribution is -1.89. The van der Waals surface area contributed by atoms with Crippen LogP contribution in [0.3, 0.4) is 0 Å². The first kappa shape index (κ1) is 11.4. The Kier molecular flexibility index (Phi) is 3.58. The fourth-order valence-corrected chi connectivity index (χ4v) is 3.90. The van der Waals surface area contributed by atoms with Gasteiger partial charge in [-0.2, -0.15) is 0 Å². The van der Waals surface area contributed by atoms with Crippen molar-refractivity contribution in [3.63, 3.8) is 0 Å². The molecule has 2 aromatic carbocycles. The van der Waals surface area contributed by atoms with Gasteiger partial charge in [-0.15, -0.1) is 0 Å². The smallest absolute Gasteiger partial charge is 0.0353 e. The van der Waals surface area contributed by atoms with Gasteiger partial charge in [-0.25, -0.2) is 0 Å². The predicted octanol–water partition coefficient (Wildman–Crippen LogP) is 4.96. The molecule has 0 aromatic heterocycles. The summed E-state index contributed by atoms with van der Waals surface area (Å²) in [5, 5.41) is 2.74. The van der Waals surface area contributed by atoms with E-state index in [0.29, 0.717) is 0 Å². The molecule has 0 fully saturated rings. The molecule has 0 amide bonds. The van der Waals surface area contributed by atoms with E-state index in [2.05, 4.69) is 99.0 Å². The summed E-state index contributed by atoms with van der Waals surface area (Å²) in [5.41, 5.74) is 1.36. The van der Waals surface area contributed by atoms with Crippen molar-refractivity contribution >= 4 is 78.5 Å². The summed E-state index contributed by atoms with van der Waals surface area (Å²) in [4.78, 5) is 0. The van der Waals surface area contributed by atoms with E-state index in [0.717, 1.165) is 0 Å². The van der Waals surface area contributed by atoms with Crippen LogP contribution in [0.5, 0.6) is 0 Å². The standard InChI is InChI=1S/C11H7I3/c1-6-2-3-7-4-5-8(12)11(14)9(7)10(6)13/h2-5H,1H3. The molecule has 3 heteroatoms. The van der Waals surface area contributed by atoms with Crippen LogP contribution in [0.4, 0.5) is 0 Å². The maximum absolute atomic E-state index is 2.44. The Labute approximate surface area is 124 Å². The Morgan fingerprint density at radius 1 is 0.857 bits per heavy atom. The third-order valence-corrected chi connectivity index (χ3v) is 6.65. The molecule has 0 spiro atoms. The van der Waals surface area contributed by atoms with Crippen molar-refractivity contribution in [2.24, 2.45) is 0 Å². The van der Waals surface area contributed by atoms with E-state index in [1.54, 1.807) is 0 Å². The van der Waals surface area contributed by atoms with Crippen LogP contribution in [0.1, 0.15) is 5.56 Å². The van der Waals surface area contributed by atoms with Gasteiger partial charge >= 0.3 is 0 Å². The summed E-state index contributed by atoms with van der Waals surface area (Å²) in [5.74, 6) is 0. The zero-order valence-electron chi connectivity index (χ0n) is 7.44. The largest absolute Gasteiger partial charge is 0.0576 e. The van der Waals surface area contributed by atoms with Crippen molar-refractivity contribution < 1.29 is 0 Å². The summed E-state index contributed by atoms with van der Waals surface area (Å²) in [6.45, 7) is 2.16. The van der Waals surface area contributed by atoms with Crippen LogP contribution >= 0.6 is 67.8 Å². The number of aryl methyl sites for hydroxylation is 1. The Hall–Kier alpha value is 0.890. The molecule has 2 aromatic rings. The molecule has 0 aliphatic rings. The van der Waals surface area contributed by atoms with Gasteiger partial charge in [0.2, 0.25) is 0 Å². The van der Waals surface area contributed by atoms with Crippen molar-refractivity contribution in [2.45, 2.75) is 6.92 Å². The molecule has 14 heavy (non-hydrogen) atoms. The number of hydrogen-bond donors (Lipinski definition) is 0. The minimum atomic E-state index is 1.33. The first-order valence-electron chi connectivity index (χ1n) is 4.14. The second-order valence-corrected chi connectivity index (χ2v) is 6.48. The summed E-state index contributed by atoms with van der Waals surface area (Å²) < 4.78 is 4.08. The molecule has 0 N–H and O–H groups in total. The fraction of sp³-hybridized carbons (Fsp3) is 0.0909. The maximum atomic E-state index is 2.44. The lowest BCUT2D eigenvalue weighted by molar-refractivity contribution is 1.45. The van der Waals surface area contributed by atoms with Gasteiger partial charge in [0.05, 0.1) is 0 Å². The number of rotatable bonds is 0. The van der Waals surface area contributed by atoms with Crippen LogP contribution < -0.4 is 0 Å². The van der Waals surface area contributed by atoms with Gasteiger partial charge in [0.1, 0.15) is 0 Å². The second kappa shape index (κ2) is 4.40. The van der Waals surface area contributed by atoms with Gasteiger partial charge in [-0.05, 0) is 91.7 Å². The number of hydrogen-bond acceptors (Lipinski definition) is 0. The molecular formula is C11H7I3. The molecule has 0 nitrogen and oxygen atoms in total. The molecule has 0 unspecified atom stereocenters. The SMILES string of the molecule is Cc1ccc2ccc(I)c(I)c2c1I. The maximum Gasteiger partial charge on any atom is 0.0353 e. The highest BCUT2D eigenvalue weighted by Crippen LogP contribution is 2.30. The van der Waals surface area contributed by atoms with Crippen molar-refractivity contribution in [3.8, 4) is 0 Å². The summed E-state index contributed by atoms with van der Waals surface area (Å²) in [6.07, 6.45) is 0. The molecule has 0 saturated carbocycles. The highest BCUT2D eigenvalue weighted by atomic mass is 127. The predicted molar refractivity (Wildman–Crippen MR) is 86.8 cm³/mol. The van der Waals surface area contributed by atoms with Crippen molar-refractivity contribution in [3.05, 3.63) is 40.5 Å². The molecular weight excluding hydrogens is 513 g/mol. The van der Waals surface area contributed by atoms with E-state index in [1.807, 2.05) is 0 Å². The van der Waals surface area contributed by atoms with Crippen molar-refractivity contribution in [2.75, 3.05) is 0 Å². The third-order valence-electron chi connectivity index (χ3n) is 2.21. The second-order valence-electron chi connectivity index (χ2n) is 3.16. The summed E-state index contributed by atoms with van der Waals surface area (Å²) >= 11 is 7.26. The number of benzene rings is 2. The van der Waals surface area contributed by atoms with E-state index in [4.69, 9.17) is 0 Å². The molecule has 0 radical (unpaired) electrons. The van der Waals surface area contributed by atoms with E-state index in [1.165, 1.54) is 27.0 Å². The minimum Gasteiger partial charge on any atom is -0.0576 e. The van der Waals surface area contributed by atoms with Crippen LogP contribution in [0, 0.1) is 17.6 Å². The monoisotopic (exact) mass is 520 g/mol. The van der Waals surface area contributed by atoms with Crippen LogP contribution in [0.15, 0.2) is 24.3 Å². The van der Waals surface area contributed by atoms with E-state index >= 15 is 0 Å². The highest BCUT2D eigenvalue weighted by Gasteiger charge is 2.07. The first-order valence-corrected chi connectivity index (χ1v) is 7.37. The summed E-state index contributed by atoms with van der Waals surface area (Å²) in [6, 6.07) is 8.76. The lowest BCUT2D eigenvalue weighted by Gasteiger charge is -2.07. The zero-order valence-corrected chi connectivity index (χ0v) is 13.9. The molecule has 0 heterocycles. The van der Waals surface area contributed by atoms with E-state index < -0.39 is 0 Å². The Bertz CT molecular complexity index is 461. The van der Waals surface area contributed by atoms with Gasteiger partial charge in [0.15, 0.2) is 0 Å². The molecule has 0 aliphatic carbocycles. The van der Waals surface area contributed by atoms with Crippen LogP contribution in [0.25, 0.3) is 10.8 Å². The first-order chi connectivity index (χ1) is 6.61. The van der Waals surface area contributed by atoms with E-state index in [-0.39, 0.29) is 0 Å². The van der Waals surface area contributed by atoms with Gasteiger partial charge in [0.25, 0.3) is 0 Å². The molecule has 2 rings (SSSR count). The zero-order chi connectivity index (χ0) is 10.3. The molecule has 0 aliphatic heterocycles. The van der Waals surface area contributed by atoms with Crippen molar-refractivity contribution in [1.29, 1.82) is 0 Å². The topological polar surface area (TPSA) is 0 Å². The van der Waals surface area contributed by atoms with E-state index in [9.17, 15) is 0 Å². The Morgan fingerprint density at radius 2 is 1.50 bits per heavy atom. The molecule has 0 bridgehead atoms. The molecule has 0 saturated heterocycles. The summed E-state index contributed by atoms with van der Waals surface area (Å²) in [7, 11) is 0. The highest BCUT2D eigenvalue weighted by molar-refractivity contribution is 14.1. The van der Waals surface area contributed by atoms with Gasteiger partial charge in [-0.3, -0.25) is 0 Å². The van der Waals surface area contributed by atoms with Crippen LogP contribution in [-0.2, 0) is 0 Å². The van der Waals surface area contributed by atoms with Gasteiger partial charge in [0, 0.05) is 16.1 Å². The minimum absolute atomic E-state index is 1.33. The Balaban J connectivity index is 2.98. The number of halogens is 3. The average molecular weight is 520 g/mol. The van der Waals surface area contributed by atoms with Crippen LogP contribution in [-0.4, -0.2) is 0 Å². The normalized spacial score (nSPS) is 10.9. The molecule has 0 atom stereocenters. The molecule has 72 valence electrons. The van der Waals surface area contributed by atoms with Gasteiger partial charge < -0.3 is 0 Å². The average Bonchev–Trinajstić information content (AvgIpc) is 2.17.